The van der Waals surface area contributed by atoms with E-state index in [1.165, 1.54) is 5.56 Å². The molecule has 2 aromatic carbocycles. The van der Waals surface area contributed by atoms with E-state index in [2.05, 4.69) is 39.8 Å². The Labute approximate surface area is 146 Å². The van der Waals surface area contributed by atoms with Crippen LogP contribution >= 0.6 is 0 Å². The van der Waals surface area contributed by atoms with Crippen LogP contribution in [0.5, 0.6) is 0 Å². The number of H-pyrrole nitrogens is 1. The lowest BCUT2D eigenvalue weighted by molar-refractivity contribution is 0.0950. The SMILES string of the molecule is CCc1ccc(-c2cc(C(=O)N/N=C(/C)c3ccccc3)[nH]n2)cc1. The van der Waals surface area contributed by atoms with Crippen molar-refractivity contribution in [1.29, 1.82) is 0 Å². The number of hydrogen-bond donors (Lipinski definition) is 2. The van der Waals surface area contributed by atoms with Gasteiger partial charge in [-0.3, -0.25) is 9.89 Å². The second kappa shape index (κ2) is 7.57. The second-order valence-electron chi connectivity index (χ2n) is 5.72. The molecule has 0 unspecified atom stereocenters. The lowest BCUT2D eigenvalue weighted by atomic mass is 10.1. The van der Waals surface area contributed by atoms with Crippen LogP contribution in [0, 0.1) is 0 Å². The van der Waals surface area contributed by atoms with E-state index in [0.29, 0.717) is 5.69 Å². The third-order valence-electron chi connectivity index (χ3n) is 4.00. The van der Waals surface area contributed by atoms with Crippen LogP contribution in [0.2, 0.25) is 0 Å². The highest BCUT2D eigenvalue weighted by Crippen LogP contribution is 2.18. The summed E-state index contributed by atoms with van der Waals surface area (Å²) in [5, 5.41) is 11.1. The van der Waals surface area contributed by atoms with Gasteiger partial charge in [-0.1, -0.05) is 61.5 Å². The number of amides is 1. The maximum atomic E-state index is 12.2. The largest absolute Gasteiger partial charge is 0.289 e. The third-order valence-corrected chi connectivity index (χ3v) is 4.00. The first-order valence-electron chi connectivity index (χ1n) is 8.22. The first-order valence-corrected chi connectivity index (χ1v) is 8.22. The van der Waals surface area contributed by atoms with Crippen LogP contribution in [-0.2, 0) is 6.42 Å². The molecule has 1 heterocycles. The Bertz CT molecular complexity index is 880. The van der Waals surface area contributed by atoms with Crippen molar-refractivity contribution in [3.8, 4) is 11.3 Å². The molecule has 0 fully saturated rings. The Morgan fingerprint density at radius 3 is 2.52 bits per heavy atom. The van der Waals surface area contributed by atoms with E-state index in [9.17, 15) is 4.79 Å². The monoisotopic (exact) mass is 332 g/mol. The molecule has 3 rings (SSSR count). The van der Waals surface area contributed by atoms with Gasteiger partial charge in [0.15, 0.2) is 0 Å². The molecule has 2 N–H and O–H groups in total. The average Bonchev–Trinajstić information content (AvgIpc) is 3.17. The van der Waals surface area contributed by atoms with Crippen LogP contribution in [0.1, 0.15) is 35.5 Å². The third kappa shape index (κ3) is 4.01. The van der Waals surface area contributed by atoms with Crippen molar-refractivity contribution in [2.24, 2.45) is 5.10 Å². The Hall–Kier alpha value is -3.21. The molecule has 25 heavy (non-hydrogen) atoms. The molecule has 0 aliphatic heterocycles. The Balaban J connectivity index is 1.70. The molecule has 1 amide bonds. The molecule has 126 valence electrons. The summed E-state index contributed by atoms with van der Waals surface area (Å²) < 4.78 is 0. The molecule has 5 heteroatoms. The Kier molecular flexibility index (Phi) is 5.04. The van der Waals surface area contributed by atoms with E-state index in [4.69, 9.17) is 0 Å². The van der Waals surface area contributed by atoms with Crippen molar-refractivity contribution >= 4 is 11.6 Å². The van der Waals surface area contributed by atoms with Gasteiger partial charge in [0.25, 0.3) is 5.91 Å². The number of nitrogens with zero attached hydrogens (tertiary/aromatic N) is 2. The minimum Gasteiger partial charge on any atom is -0.272 e. The molecule has 0 bridgehead atoms. The summed E-state index contributed by atoms with van der Waals surface area (Å²) in [4.78, 5) is 12.2. The van der Waals surface area contributed by atoms with Crippen LogP contribution < -0.4 is 5.43 Å². The van der Waals surface area contributed by atoms with E-state index < -0.39 is 0 Å². The summed E-state index contributed by atoms with van der Waals surface area (Å²) >= 11 is 0. The van der Waals surface area contributed by atoms with Gasteiger partial charge in [0.05, 0.1) is 11.4 Å². The van der Waals surface area contributed by atoms with Crippen molar-refractivity contribution < 1.29 is 4.79 Å². The number of carbonyl (C=O) groups excluding carboxylic acids is 1. The standard InChI is InChI=1S/C20H20N4O/c1-3-15-9-11-17(12-10-15)18-13-19(23-22-18)20(25)24-21-14(2)16-7-5-4-6-8-16/h4-13H,3H2,1-2H3,(H,22,23)(H,24,25)/b21-14-. The number of hydrogen-bond acceptors (Lipinski definition) is 3. The van der Waals surface area contributed by atoms with Gasteiger partial charge in [-0.25, -0.2) is 5.43 Å². The summed E-state index contributed by atoms with van der Waals surface area (Å²) in [6, 6.07) is 19.6. The zero-order valence-corrected chi connectivity index (χ0v) is 14.3. The van der Waals surface area contributed by atoms with Gasteiger partial charge < -0.3 is 0 Å². The highest BCUT2D eigenvalue weighted by molar-refractivity contribution is 6.00. The topological polar surface area (TPSA) is 70.1 Å². The van der Waals surface area contributed by atoms with Crippen molar-refractivity contribution in [1.82, 2.24) is 15.6 Å². The quantitative estimate of drug-likeness (QED) is 0.551. The van der Waals surface area contributed by atoms with E-state index in [0.717, 1.165) is 29.0 Å². The highest BCUT2D eigenvalue weighted by Gasteiger charge is 2.10. The second-order valence-corrected chi connectivity index (χ2v) is 5.72. The molecule has 0 spiro atoms. The molecule has 3 aromatic rings. The molecule has 0 saturated heterocycles. The van der Waals surface area contributed by atoms with E-state index in [1.54, 1.807) is 6.07 Å². The van der Waals surface area contributed by atoms with Crippen LogP contribution in [0.3, 0.4) is 0 Å². The Morgan fingerprint density at radius 2 is 1.84 bits per heavy atom. The van der Waals surface area contributed by atoms with E-state index in [1.807, 2.05) is 49.4 Å². The van der Waals surface area contributed by atoms with Gasteiger partial charge in [0.2, 0.25) is 0 Å². The van der Waals surface area contributed by atoms with E-state index >= 15 is 0 Å². The number of aromatic nitrogens is 2. The maximum Gasteiger partial charge on any atom is 0.289 e. The summed E-state index contributed by atoms with van der Waals surface area (Å²) in [6.45, 7) is 3.97. The maximum absolute atomic E-state index is 12.2. The van der Waals surface area contributed by atoms with Crippen LogP contribution in [0.15, 0.2) is 65.8 Å². The van der Waals surface area contributed by atoms with Gasteiger partial charge in [-0.2, -0.15) is 10.2 Å². The number of aromatic amines is 1. The lowest BCUT2D eigenvalue weighted by Crippen LogP contribution is -2.19. The molecule has 5 nitrogen and oxygen atoms in total. The van der Waals surface area contributed by atoms with Crippen molar-refractivity contribution in [3.05, 3.63) is 77.5 Å². The Morgan fingerprint density at radius 1 is 1.12 bits per heavy atom. The van der Waals surface area contributed by atoms with Crippen LogP contribution in [0.25, 0.3) is 11.3 Å². The number of benzene rings is 2. The zero-order chi connectivity index (χ0) is 17.6. The van der Waals surface area contributed by atoms with Crippen LogP contribution in [0.4, 0.5) is 0 Å². The highest BCUT2D eigenvalue weighted by atomic mass is 16.2. The minimum atomic E-state index is -0.320. The van der Waals surface area contributed by atoms with E-state index in [-0.39, 0.29) is 5.91 Å². The normalized spacial score (nSPS) is 11.4. The number of carbonyl (C=O) groups is 1. The predicted molar refractivity (Wildman–Crippen MR) is 99.5 cm³/mol. The van der Waals surface area contributed by atoms with Gasteiger partial charge in [0, 0.05) is 5.56 Å². The van der Waals surface area contributed by atoms with Crippen molar-refractivity contribution in [2.45, 2.75) is 20.3 Å². The van der Waals surface area contributed by atoms with Gasteiger partial charge in [-0.15, -0.1) is 0 Å². The summed E-state index contributed by atoms with van der Waals surface area (Å²) in [6.07, 6.45) is 0.993. The first kappa shape index (κ1) is 16.6. The molecule has 0 radical (unpaired) electrons. The molecule has 0 aliphatic carbocycles. The summed E-state index contributed by atoms with van der Waals surface area (Å²) in [7, 11) is 0. The summed E-state index contributed by atoms with van der Waals surface area (Å²) in [5.41, 5.74) is 7.60. The zero-order valence-electron chi connectivity index (χ0n) is 14.3. The minimum absolute atomic E-state index is 0.320. The van der Waals surface area contributed by atoms with Gasteiger partial charge >= 0.3 is 0 Å². The average molecular weight is 332 g/mol. The van der Waals surface area contributed by atoms with Crippen molar-refractivity contribution in [3.63, 3.8) is 0 Å². The first-order chi connectivity index (χ1) is 12.2. The van der Waals surface area contributed by atoms with Gasteiger partial charge in [-0.05, 0) is 30.5 Å². The predicted octanol–water partition coefficient (Wildman–Crippen LogP) is 3.79. The molecular weight excluding hydrogens is 312 g/mol. The molecule has 0 atom stereocenters. The molecular formula is C20H20N4O. The smallest absolute Gasteiger partial charge is 0.272 e. The fourth-order valence-corrected chi connectivity index (χ4v) is 2.44. The van der Waals surface area contributed by atoms with Crippen molar-refractivity contribution in [2.75, 3.05) is 0 Å². The number of rotatable bonds is 5. The number of aryl methyl sites for hydroxylation is 1. The molecule has 1 aromatic heterocycles. The number of nitrogens with one attached hydrogen (secondary N) is 2. The van der Waals surface area contributed by atoms with Crippen LogP contribution in [-0.4, -0.2) is 21.8 Å². The molecule has 0 saturated carbocycles. The molecule has 0 aliphatic rings. The summed E-state index contributed by atoms with van der Waals surface area (Å²) in [5.74, 6) is -0.320. The fraction of sp³-hybridized carbons (Fsp3) is 0.150. The lowest BCUT2D eigenvalue weighted by Gasteiger charge is -2.01. The number of hydrazone groups is 1. The van der Waals surface area contributed by atoms with Gasteiger partial charge in [0.1, 0.15) is 5.69 Å². The fourth-order valence-electron chi connectivity index (χ4n) is 2.44.